The molecule has 0 aromatic carbocycles. The van der Waals surface area contributed by atoms with Gasteiger partial charge in [0.15, 0.2) is 0 Å². The normalized spacial score (nSPS) is 6.83. The maximum atomic E-state index is 3.43. The molecule has 0 bridgehead atoms. The van der Waals surface area contributed by atoms with Crippen molar-refractivity contribution in [1.29, 1.82) is 0 Å². The van der Waals surface area contributed by atoms with Gasteiger partial charge >= 0.3 is 44.5 Å². The van der Waals surface area contributed by atoms with E-state index in [4.69, 9.17) is 0 Å². The molecule has 0 saturated carbocycles. The minimum atomic E-state index is 0.668. The Labute approximate surface area is 45.1 Å². The van der Waals surface area contributed by atoms with Crippen LogP contribution in [0.2, 0.25) is 5.32 Å². The van der Waals surface area contributed by atoms with E-state index in [0.29, 0.717) is 15.0 Å². The van der Waals surface area contributed by atoms with E-state index in [1.165, 1.54) is 5.32 Å². The zero-order valence-corrected chi connectivity index (χ0v) is 5.61. The Morgan fingerprint density at radius 1 is 2.00 bits per heavy atom. The van der Waals surface area contributed by atoms with Crippen molar-refractivity contribution < 1.29 is 0 Å². The molecule has 0 aliphatic rings. The molecule has 0 atom stereocenters. The Balaban J connectivity index is 2.86. The van der Waals surface area contributed by atoms with Crippen molar-refractivity contribution in [2.24, 2.45) is 0 Å². The van der Waals surface area contributed by atoms with Crippen LogP contribution in [0.3, 0.4) is 0 Å². The number of hydrogen-bond donors (Lipinski definition) is 0. The zero-order valence-electron chi connectivity index (χ0n) is 3.90. The molecule has 0 radical (unpaired) electrons. The molecule has 0 aromatic rings. The number of hydrogen-bond acceptors (Lipinski definition) is 0. The van der Waals surface area contributed by atoms with E-state index in [2.05, 4.69) is 19.2 Å². The van der Waals surface area contributed by atoms with Crippen molar-refractivity contribution in [3.05, 3.63) is 17.3 Å². The standard InChI is InChI=1S/C5H8Se/c1-3-5-6-4-2/h5H,1,4H2,2H3. The van der Waals surface area contributed by atoms with E-state index in [9.17, 15) is 0 Å². The topological polar surface area (TPSA) is 0 Å². The summed E-state index contributed by atoms with van der Waals surface area (Å²) in [6.07, 6.45) is 0. The van der Waals surface area contributed by atoms with Gasteiger partial charge in [0.05, 0.1) is 0 Å². The number of rotatable bonds is 2. The van der Waals surface area contributed by atoms with Gasteiger partial charge in [-0.25, -0.2) is 0 Å². The second-order valence-electron chi connectivity index (χ2n) is 0.777. The predicted molar refractivity (Wildman–Crippen MR) is 29.9 cm³/mol. The van der Waals surface area contributed by atoms with Gasteiger partial charge in [-0.05, 0) is 0 Å². The summed E-state index contributed by atoms with van der Waals surface area (Å²) in [4.78, 5) is 2.01. The molecule has 34 valence electrons. The molecule has 0 N–H and O–H groups in total. The van der Waals surface area contributed by atoms with Crippen molar-refractivity contribution >= 4 is 15.0 Å². The third-order valence-corrected chi connectivity index (χ3v) is 1.73. The Hall–Kier alpha value is 0.0395. The predicted octanol–water partition coefficient (Wildman–Crippen LogP) is 1.43. The van der Waals surface area contributed by atoms with Gasteiger partial charge in [0, 0.05) is 0 Å². The molecule has 0 aliphatic carbocycles. The van der Waals surface area contributed by atoms with Gasteiger partial charge in [-0.2, -0.15) is 0 Å². The van der Waals surface area contributed by atoms with Gasteiger partial charge < -0.3 is 0 Å². The van der Waals surface area contributed by atoms with Crippen LogP contribution < -0.4 is 0 Å². The second kappa shape index (κ2) is 5.04. The minimum absolute atomic E-state index is 0.668. The van der Waals surface area contributed by atoms with Gasteiger partial charge in [0.25, 0.3) is 0 Å². The van der Waals surface area contributed by atoms with Crippen molar-refractivity contribution in [3.8, 4) is 0 Å². The van der Waals surface area contributed by atoms with Gasteiger partial charge in [0.1, 0.15) is 0 Å². The molecular weight excluding hydrogens is 139 g/mol. The van der Waals surface area contributed by atoms with Crippen molar-refractivity contribution in [2.75, 3.05) is 0 Å². The van der Waals surface area contributed by atoms with Gasteiger partial charge in [-0.3, -0.25) is 0 Å². The maximum absolute atomic E-state index is 3.43. The Bertz CT molecular complexity index is 60.3. The molecule has 0 fully saturated rings. The van der Waals surface area contributed by atoms with Crippen LogP contribution in [0.25, 0.3) is 0 Å². The molecule has 0 aromatic heterocycles. The van der Waals surface area contributed by atoms with E-state index < -0.39 is 0 Å². The first kappa shape index (κ1) is 6.04. The molecule has 0 aliphatic heterocycles. The summed E-state index contributed by atoms with van der Waals surface area (Å²) in [6.45, 7) is 5.59. The molecular formula is C5H8Se. The summed E-state index contributed by atoms with van der Waals surface area (Å²) < 4.78 is 0. The molecule has 6 heavy (non-hydrogen) atoms. The summed E-state index contributed by atoms with van der Waals surface area (Å²) in [5.41, 5.74) is 2.72. The summed E-state index contributed by atoms with van der Waals surface area (Å²) in [7, 11) is 0. The van der Waals surface area contributed by atoms with Crippen LogP contribution >= 0.6 is 0 Å². The van der Waals surface area contributed by atoms with Gasteiger partial charge in [0.2, 0.25) is 0 Å². The average Bonchev–Trinajstić information content (AvgIpc) is 1.61. The van der Waals surface area contributed by atoms with Crippen LogP contribution in [-0.2, 0) is 0 Å². The van der Waals surface area contributed by atoms with E-state index in [0.717, 1.165) is 0 Å². The summed E-state index contributed by atoms with van der Waals surface area (Å²) in [6, 6.07) is 0. The Morgan fingerprint density at radius 3 is 2.83 bits per heavy atom. The van der Waals surface area contributed by atoms with Crippen molar-refractivity contribution in [2.45, 2.75) is 12.2 Å². The Morgan fingerprint density at radius 2 is 2.67 bits per heavy atom. The molecule has 0 saturated heterocycles. The fourth-order valence-corrected chi connectivity index (χ4v) is 0.739. The van der Waals surface area contributed by atoms with E-state index in [1.807, 2.05) is 4.97 Å². The SMILES string of the molecule is C=C=C[Se]CC. The van der Waals surface area contributed by atoms with Gasteiger partial charge in [-0.15, -0.1) is 0 Å². The molecule has 0 spiro atoms. The second-order valence-corrected chi connectivity index (χ2v) is 3.18. The molecule has 1 heteroatoms. The molecule has 0 amide bonds. The fourth-order valence-electron chi connectivity index (χ4n) is 0.142. The van der Waals surface area contributed by atoms with Crippen LogP contribution in [0.1, 0.15) is 6.92 Å². The zero-order chi connectivity index (χ0) is 4.83. The van der Waals surface area contributed by atoms with E-state index in [-0.39, 0.29) is 0 Å². The third-order valence-electron chi connectivity index (χ3n) is 0.333. The van der Waals surface area contributed by atoms with Crippen LogP contribution in [0.15, 0.2) is 17.3 Å². The summed E-state index contributed by atoms with van der Waals surface area (Å²) in [5.74, 6) is 0. The summed E-state index contributed by atoms with van der Waals surface area (Å²) in [5, 5.41) is 1.26. The van der Waals surface area contributed by atoms with E-state index in [1.54, 1.807) is 0 Å². The monoisotopic (exact) mass is 148 g/mol. The molecule has 0 rings (SSSR count). The van der Waals surface area contributed by atoms with E-state index >= 15 is 0 Å². The first-order valence-corrected chi connectivity index (χ1v) is 4.07. The average molecular weight is 147 g/mol. The quantitative estimate of drug-likeness (QED) is 0.409. The molecule has 0 heterocycles. The summed E-state index contributed by atoms with van der Waals surface area (Å²) >= 11 is 0.668. The van der Waals surface area contributed by atoms with Crippen LogP contribution in [0.4, 0.5) is 0 Å². The Kier molecular flexibility index (Phi) is 5.07. The van der Waals surface area contributed by atoms with Gasteiger partial charge in [-0.1, -0.05) is 0 Å². The van der Waals surface area contributed by atoms with Crippen LogP contribution in [0.5, 0.6) is 0 Å². The first-order valence-electron chi connectivity index (χ1n) is 1.87. The van der Waals surface area contributed by atoms with Crippen molar-refractivity contribution in [3.63, 3.8) is 0 Å². The molecule has 0 unspecified atom stereocenters. The fraction of sp³-hybridized carbons (Fsp3) is 0.400. The molecule has 0 nitrogen and oxygen atoms in total. The first-order chi connectivity index (χ1) is 2.91. The van der Waals surface area contributed by atoms with Crippen LogP contribution in [-0.4, -0.2) is 15.0 Å². The third kappa shape index (κ3) is 4.04. The van der Waals surface area contributed by atoms with Crippen molar-refractivity contribution in [1.82, 2.24) is 0 Å². The van der Waals surface area contributed by atoms with Crippen LogP contribution in [0, 0.1) is 0 Å².